The summed E-state index contributed by atoms with van der Waals surface area (Å²) in [5, 5.41) is 2.63. The first-order valence-corrected chi connectivity index (χ1v) is 14.5. The Balaban J connectivity index is 1.50. The lowest BCUT2D eigenvalue weighted by Gasteiger charge is -2.25. The van der Waals surface area contributed by atoms with Gasteiger partial charge in [-0.3, -0.25) is 9.10 Å². The Labute approximate surface area is 206 Å². The van der Waals surface area contributed by atoms with Crippen LogP contribution in [0.25, 0.3) is 0 Å². The molecule has 192 valence electrons. The number of piperidine rings is 1. The van der Waals surface area contributed by atoms with Crippen molar-refractivity contribution in [3.8, 4) is 11.5 Å². The molecule has 0 aliphatic carbocycles. The van der Waals surface area contributed by atoms with Crippen molar-refractivity contribution in [1.29, 1.82) is 0 Å². The molecule has 1 saturated heterocycles. The highest BCUT2D eigenvalue weighted by Gasteiger charge is 2.26. The maximum absolute atomic E-state index is 12.7. The molecule has 0 aromatic heterocycles. The molecule has 1 aliphatic rings. The largest absolute Gasteiger partial charge is 0.497 e. The van der Waals surface area contributed by atoms with Crippen LogP contribution in [0, 0.1) is 0 Å². The second-order valence-corrected chi connectivity index (χ2v) is 12.0. The van der Waals surface area contributed by atoms with Crippen LogP contribution in [0.1, 0.15) is 19.3 Å². The van der Waals surface area contributed by atoms with Gasteiger partial charge < -0.3 is 14.8 Å². The maximum Gasteiger partial charge on any atom is 0.243 e. The molecule has 10 nitrogen and oxygen atoms in total. The Hall–Kier alpha value is -2.83. The van der Waals surface area contributed by atoms with Crippen LogP contribution in [0.2, 0.25) is 0 Å². The van der Waals surface area contributed by atoms with Gasteiger partial charge in [-0.2, -0.15) is 4.31 Å². The van der Waals surface area contributed by atoms with Gasteiger partial charge in [-0.15, -0.1) is 0 Å². The predicted octanol–water partition coefficient (Wildman–Crippen LogP) is 1.83. The predicted molar refractivity (Wildman–Crippen MR) is 133 cm³/mol. The Kier molecular flexibility index (Phi) is 8.98. The first-order valence-electron chi connectivity index (χ1n) is 11.2. The van der Waals surface area contributed by atoms with Crippen LogP contribution in [0.15, 0.2) is 53.4 Å². The van der Waals surface area contributed by atoms with E-state index < -0.39 is 32.5 Å². The van der Waals surface area contributed by atoms with E-state index in [2.05, 4.69) is 5.32 Å². The summed E-state index contributed by atoms with van der Waals surface area (Å²) in [6.45, 7) is 0.948. The van der Waals surface area contributed by atoms with E-state index in [9.17, 15) is 21.6 Å². The molecular weight excluding hydrogens is 494 g/mol. The first kappa shape index (κ1) is 26.8. The van der Waals surface area contributed by atoms with Crippen LogP contribution < -0.4 is 19.1 Å². The number of nitrogens with zero attached hydrogens (tertiary/aromatic N) is 2. The van der Waals surface area contributed by atoms with E-state index in [4.69, 9.17) is 9.47 Å². The molecule has 0 radical (unpaired) electrons. The fourth-order valence-electron chi connectivity index (χ4n) is 3.67. The maximum atomic E-state index is 12.7. The second-order valence-electron chi connectivity index (χ2n) is 8.11. The third kappa shape index (κ3) is 7.33. The highest BCUT2D eigenvalue weighted by Crippen LogP contribution is 2.24. The number of ether oxygens (including phenoxy) is 2. The van der Waals surface area contributed by atoms with Crippen LogP contribution >= 0.6 is 0 Å². The smallest absolute Gasteiger partial charge is 0.243 e. The molecule has 0 unspecified atom stereocenters. The van der Waals surface area contributed by atoms with Gasteiger partial charge in [0.1, 0.15) is 24.7 Å². The third-order valence-electron chi connectivity index (χ3n) is 5.50. The summed E-state index contributed by atoms with van der Waals surface area (Å²) in [5.41, 5.74) is 0.317. The Bertz CT molecular complexity index is 1210. The zero-order valence-corrected chi connectivity index (χ0v) is 21.5. The molecule has 3 rings (SSSR count). The molecule has 0 saturated carbocycles. The van der Waals surface area contributed by atoms with Gasteiger partial charge in [0.15, 0.2) is 0 Å². The number of nitrogens with one attached hydrogen (secondary N) is 1. The lowest BCUT2D eigenvalue weighted by atomic mass is 10.2. The lowest BCUT2D eigenvalue weighted by Crippen LogP contribution is -2.41. The van der Waals surface area contributed by atoms with Crippen molar-refractivity contribution < 1.29 is 31.1 Å². The molecule has 0 spiro atoms. The van der Waals surface area contributed by atoms with Crippen molar-refractivity contribution in [1.82, 2.24) is 9.62 Å². The van der Waals surface area contributed by atoms with Gasteiger partial charge in [-0.05, 0) is 49.2 Å². The number of carbonyl (C=O) groups excluding carboxylic acids is 1. The highest BCUT2D eigenvalue weighted by molar-refractivity contribution is 7.92. The van der Waals surface area contributed by atoms with Gasteiger partial charge in [-0.1, -0.05) is 12.5 Å². The molecule has 12 heteroatoms. The number of hydrogen-bond acceptors (Lipinski definition) is 7. The fraction of sp³-hybridized carbons (Fsp3) is 0.435. The van der Waals surface area contributed by atoms with E-state index in [0.717, 1.165) is 29.8 Å². The number of carbonyl (C=O) groups is 1. The number of anilines is 1. The van der Waals surface area contributed by atoms with Crippen molar-refractivity contribution in [2.75, 3.05) is 50.5 Å². The molecular formula is C23H31N3O7S2. The van der Waals surface area contributed by atoms with Gasteiger partial charge >= 0.3 is 0 Å². The average molecular weight is 526 g/mol. The van der Waals surface area contributed by atoms with Crippen molar-refractivity contribution in [2.24, 2.45) is 0 Å². The quantitative estimate of drug-likeness (QED) is 0.444. The van der Waals surface area contributed by atoms with Crippen molar-refractivity contribution in [3.63, 3.8) is 0 Å². The van der Waals surface area contributed by atoms with E-state index in [1.165, 1.54) is 29.6 Å². The van der Waals surface area contributed by atoms with E-state index >= 15 is 0 Å². The van der Waals surface area contributed by atoms with E-state index in [-0.39, 0.29) is 18.0 Å². The summed E-state index contributed by atoms with van der Waals surface area (Å²) in [4.78, 5) is 12.6. The first-order chi connectivity index (χ1) is 16.6. The SMILES string of the molecule is COc1cccc(N(CC(=O)NCCOc2ccc(S(=O)(=O)N3CCCCC3)cc2)S(C)(=O)=O)c1. The summed E-state index contributed by atoms with van der Waals surface area (Å²) in [6.07, 6.45) is 3.81. The molecule has 0 atom stereocenters. The monoisotopic (exact) mass is 525 g/mol. The van der Waals surface area contributed by atoms with Gasteiger partial charge in [0.2, 0.25) is 26.0 Å². The van der Waals surface area contributed by atoms with Crippen LogP contribution in [0.3, 0.4) is 0 Å². The number of benzene rings is 2. The summed E-state index contributed by atoms with van der Waals surface area (Å²) in [6, 6.07) is 12.6. The summed E-state index contributed by atoms with van der Waals surface area (Å²) in [5.74, 6) is 0.440. The van der Waals surface area contributed by atoms with E-state index in [1.807, 2.05) is 0 Å². The average Bonchev–Trinajstić information content (AvgIpc) is 2.85. The third-order valence-corrected chi connectivity index (χ3v) is 8.55. The summed E-state index contributed by atoms with van der Waals surface area (Å²) < 4.78 is 63.1. The minimum atomic E-state index is -3.70. The van der Waals surface area contributed by atoms with Crippen LogP contribution in [-0.2, 0) is 24.8 Å². The van der Waals surface area contributed by atoms with Gasteiger partial charge in [0.05, 0.1) is 30.5 Å². The number of rotatable bonds is 11. The highest BCUT2D eigenvalue weighted by atomic mass is 32.2. The van der Waals surface area contributed by atoms with Crippen molar-refractivity contribution >= 4 is 31.6 Å². The molecule has 1 N–H and O–H groups in total. The molecule has 0 bridgehead atoms. The number of methoxy groups -OCH3 is 1. The molecule has 35 heavy (non-hydrogen) atoms. The van der Waals surface area contributed by atoms with E-state index in [0.29, 0.717) is 30.3 Å². The Morgan fingerprint density at radius 1 is 1.00 bits per heavy atom. The minimum absolute atomic E-state index is 0.127. The van der Waals surface area contributed by atoms with Gasteiger partial charge in [0.25, 0.3) is 0 Å². The normalized spacial score (nSPS) is 14.8. The molecule has 2 aromatic carbocycles. The van der Waals surface area contributed by atoms with Gasteiger partial charge in [0, 0.05) is 19.2 Å². The standard InChI is InChI=1S/C23H31N3O7S2/c1-32-21-8-6-7-19(17-21)26(34(2,28)29)18-23(27)24-13-16-33-20-9-11-22(12-10-20)35(30,31)25-14-4-3-5-15-25/h6-12,17H,3-5,13-16,18H2,1-2H3,(H,24,27). The van der Waals surface area contributed by atoms with E-state index in [1.54, 1.807) is 30.3 Å². The minimum Gasteiger partial charge on any atom is -0.497 e. The topological polar surface area (TPSA) is 122 Å². The lowest BCUT2D eigenvalue weighted by molar-refractivity contribution is -0.119. The number of hydrogen-bond donors (Lipinski definition) is 1. The molecule has 1 amide bonds. The van der Waals surface area contributed by atoms with Crippen LogP contribution in [0.4, 0.5) is 5.69 Å². The van der Waals surface area contributed by atoms with Crippen LogP contribution in [-0.4, -0.2) is 73.2 Å². The number of sulfonamides is 2. The summed E-state index contributed by atoms with van der Waals surface area (Å²) >= 11 is 0. The fourth-order valence-corrected chi connectivity index (χ4v) is 6.04. The van der Waals surface area contributed by atoms with Crippen molar-refractivity contribution in [3.05, 3.63) is 48.5 Å². The van der Waals surface area contributed by atoms with Crippen molar-refractivity contribution in [2.45, 2.75) is 24.2 Å². The second kappa shape index (κ2) is 11.7. The Morgan fingerprint density at radius 2 is 1.69 bits per heavy atom. The van der Waals surface area contributed by atoms with Gasteiger partial charge in [-0.25, -0.2) is 16.8 Å². The molecule has 1 heterocycles. The summed E-state index contributed by atoms with van der Waals surface area (Å²) in [7, 11) is -5.74. The molecule has 1 aliphatic heterocycles. The molecule has 1 fully saturated rings. The number of amides is 1. The zero-order valence-electron chi connectivity index (χ0n) is 19.8. The molecule has 2 aromatic rings. The van der Waals surface area contributed by atoms with Crippen LogP contribution in [0.5, 0.6) is 11.5 Å². The zero-order chi connectivity index (χ0) is 25.5. The Morgan fingerprint density at radius 3 is 2.31 bits per heavy atom.